The van der Waals surface area contributed by atoms with E-state index in [4.69, 9.17) is 19.9 Å². The zero-order valence-electron chi connectivity index (χ0n) is 17.5. The highest BCUT2D eigenvalue weighted by Crippen LogP contribution is 2.38. The standard InChI is InChI=1S/C23H24N2O5S/c1-28-21-13-17(14-22(29-2)23(21)30-3)8-7-16-9-11-19(12-10-16)25-31(26,27)20-6-4-5-18(24)15-20/h4-15,25H,24H2,1-3H3. The number of nitrogens with two attached hydrogens (primary N) is 1. The monoisotopic (exact) mass is 440 g/mol. The Bertz CT molecular complexity index is 1160. The lowest BCUT2D eigenvalue weighted by molar-refractivity contribution is 0.324. The zero-order valence-corrected chi connectivity index (χ0v) is 18.3. The number of nitrogen functional groups attached to an aromatic ring is 1. The summed E-state index contributed by atoms with van der Waals surface area (Å²) in [7, 11) is 0.968. The molecule has 0 saturated carbocycles. The predicted octanol–water partition coefficient (Wildman–Crippen LogP) is 4.27. The third kappa shape index (κ3) is 5.29. The van der Waals surface area contributed by atoms with Gasteiger partial charge in [-0.2, -0.15) is 0 Å². The minimum Gasteiger partial charge on any atom is -0.493 e. The molecule has 0 aromatic heterocycles. The van der Waals surface area contributed by atoms with Crippen molar-refractivity contribution in [2.75, 3.05) is 31.8 Å². The maximum atomic E-state index is 12.5. The summed E-state index contributed by atoms with van der Waals surface area (Å²) in [6.45, 7) is 0. The Hall–Kier alpha value is -3.65. The summed E-state index contributed by atoms with van der Waals surface area (Å²) < 4.78 is 43.6. The van der Waals surface area contributed by atoms with Crippen LogP contribution in [0.4, 0.5) is 11.4 Å². The van der Waals surface area contributed by atoms with Gasteiger partial charge in [-0.1, -0.05) is 30.4 Å². The first-order valence-corrected chi connectivity index (χ1v) is 10.8. The van der Waals surface area contributed by atoms with Crippen LogP contribution in [-0.2, 0) is 10.0 Å². The van der Waals surface area contributed by atoms with E-state index in [1.807, 2.05) is 36.4 Å². The molecule has 0 spiro atoms. The second-order valence-electron chi connectivity index (χ2n) is 6.59. The van der Waals surface area contributed by atoms with Gasteiger partial charge in [0.2, 0.25) is 5.75 Å². The number of hydrogen-bond acceptors (Lipinski definition) is 6. The Labute approximate surface area is 182 Å². The van der Waals surface area contributed by atoms with Crippen LogP contribution >= 0.6 is 0 Å². The molecular formula is C23H24N2O5S. The number of methoxy groups -OCH3 is 3. The predicted molar refractivity (Wildman–Crippen MR) is 123 cm³/mol. The number of nitrogens with one attached hydrogen (secondary N) is 1. The largest absolute Gasteiger partial charge is 0.493 e. The van der Waals surface area contributed by atoms with Crippen LogP contribution in [0.15, 0.2) is 65.6 Å². The lowest BCUT2D eigenvalue weighted by Gasteiger charge is -2.12. The van der Waals surface area contributed by atoms with Gasteiger partial charge in [-0.05, 0) is 53.6 Å². The minimum atomic E-state index is -3.71. The normalized spacial score (nSPS) is 11.3. The quantitative estimate of drug-likeness (QED) is 0.401. The summed E-state index contributed by atoms with van der Waals surface area (Å²) in [6, 6.07) is 16.8. The molecule has 0 amide bonds. The Balaban J connectivity index is 1.77. The van der Waals surface area contributed by atoms with E-state index >= 15 is 0 Å². The van der Waals surface area contributed by atoms with Crippen molar-refractivity contribution in [1.82, 2.24) is 0 Å². The molecule has 0 radical (unpaired) electrons. The molecule has 0 aliphatic carbocycles. The van der Waals surface area contributed by atoms with Crippen LogP contribution in [0.2, 0.25) is 0 Å². The summed E-state index contributed by atoms with van der Waals surface area (Å²) in [4.78, 5) is 0.110. The molecule has 162 valence electrons. The second-order valence-corrected chi connectivity index (χ2v) is 8.27. The van der Waals surface area contributed by atoms with E-state index in [0.29, 0.717) is 28.6 Å². The van der Waals surface area contributed by atoms with Crippen molar-refractivity contribution >= 4 is 33.6 Å². The molecule has 8 heteroatoms. The third-order valence-electron chi connectivity index (χ3n) is 4.49. The van der Waals surface area contributed by atoms with E-state index in [0.717, 1.165) is 11.1 Å². The number of anilines is 2. The molecule has 3 rings (SSSR count). The van der Waals surface area contributed by atoms with Gasteiger partial charge in [-0.15, -0.1) is 0 Å². The molecule has 0 aliphatic heterocycles. The molecule has 0 saturated heterocycles. The Morgan fingerprint density at radius 2 is 1.42 bits per heavy atom. The molecule has 0 atom stereocenters. The molecule has 0 heterocycles. The van der Waals surface area contributed by atoms with Crippen molar-refractivity contribution < 1.29 is 22.6 Å². The second kappa shape index (κ2) is 9.44. The summed E-state index contributed by atoms with van der Waals surface area (Å²) in [5.74, 6) is 1.65. The average Bonchev–Trinajstić information content (AvgIpc) is 2.77. The van der Waals surface area contributed by atoms with Gasteiger partial charge in [-0.3, -0.25) is 4.72 Å². The van der Waals surface area contributed by atoms with Crippen molar-refractivity contribution in [2.24, 2.45) is 0 Å². The van der Waals surface area contributed by atoms with Crippen LogP contribution in [0, 0.1) is 0 Å². The number of sulfonamides is 1. The fourth-order valence-electron chi connectivity index (χ4n) is 2.95. The van der Waals surface area contributed by atoms with E-state index < -0.39 is 10.0 Å². The van der Waals surface area contributed by atoms with E-state index in [1.54, 1.807) is 45.6 Å². The highest BCUT2D eigenvalue weighted by atomic mass is 32.2. The highest BCUT2D eigenvalue weighted by Gasteiger charge is 2.14. The van der Waals surface area contributed by atoms with Gasteiger partial charge in [-0.25, -0.2) is 8.42 Å². The van der Waals surface area contributed by atoms with E-state index in [2.05, 4.69) is 4.72 Å². The molecule has 0 bridgehead atoms. The van der Waals surface area contributed by atoms with E-state index in [1.165, 1.54) is 12.1 Å². The van der Waals surface area contributed by atoms with Crippen molar-refractivity contribution in [3.63, 3.8) is 0 Å². The number of benzene rings is 3. The molecule has 3 N–H and O–H groups in total. The fourth-order valence-corrected chi connectivity index (χ4v) is 4.06. The van der Waals surface area contributed by atoms with Crippen LogP contribution in [0.1, 0.15) is 11.1 Å². The molecule has 3 aromatic carbocycles. The van der Waals surface area contributed by atoms with E-state index in [9.17, 15) is 8.42 Å². The van der Waals surface area contributed by atoms with Crippen molar-refractivity contribution in [3.8, 4) is 17.2 Å². The Morgan fingerprint density at radius 1 is 0.806 bits per heavy atom. The van der Waals surface area contributed by atoms with E-state index in [-0.39, 0.29) is 4.90 Å². The smallest absolute Gasteiger partial charge is 0.261 e. The number of ether oxygens (including phenoxy) is 3. The van der Waals surface area contributed by atoms with Crippen molar-refractivity contribution in [2.45, 2.75) is 4.90 Å². The zero-order chi connectivity index (χ0) is 22.4. The lowest BCUT2D eigenvalue weighted by Crippen LogP contribution is -2.13. The molecule has 7 nitrogen and oxygen atoms in total. The fraction of sp³-hybridized carbons (Fsp3) is 0.130. The summed E-state index contributed by atoms with van der Waals surface area (Å²) >= 11 is 0. The SMILES string of the molecule is COc1cc(C=Cc2ccc(NS(=O)(=O)c3cccc(N)c3)cc2)cc(OC)c1OC. The summed E-state index contributed by atoms with van der Waals surface area (Å²) in [5, 5.41) is 0. The van der Waals surface area contributed by atoms with Crippen LogP contribution in [0.5, 0.6) is 17.2 Å². The van der Waals surface area contributed by atoms with Crippen molar-refractivity contribution in [3.05, 3.63) is 71.8 Å². The van der Waals surface area contributed by atoms with Crippen LogP contribution in [-0.4, -0.2) is 29.7 Å². The van der Waals surface area contributed by atoms with Crippen LogP contribution in [0.3, 0.4) is 0 Å². The van der Waals surface area contributed by atoms with Gasteiger partial charge >= 0.3 is 0 Å². The molecule has 0 unspecified atom stereocenters. The summed E-state index contributed by atoms with van der Waals surface area (Å²) in [6.07, 6.45) is 3.80. The first-order chi connectivity index (χ1) is 14.9. The van der Waals surface area contributed by atoms with Crippen molar-refractivity contribution in [1.29, 1.82) is 0 Å². The highest BCUT2D eigenvalue weighted by molar-refractivity contribution is 7.92. The van der Waals surface area contributed by atoms with Gasteiger partial charge < -0.3 is 19.9 Å². The maximum absolute atomic E-state index is 12.5. The Morgan fingerprint density at radius 3 is 1.97 bits per heavy atom. The molecule has 0 aliphatic rings. The van der Waals surface area contributed by atoms with Gasteiger partial charge in [0.25, 0.3) is 10.0 Å². The first-order valence-electron chi connectivity index (χ1n) is 9.33. The Kier molecular flexibility index (Phi) is 6.71. The minimum absolute atomic E-state index is 0.110. The topological polar surface area (TPSA) is 99.9 Å². The van der Waals surface area contributed by atoms with Crippen LogP contribution in [0.25, 0.3) is 12.2 Å². The number of hydrogen-bond donors (Lipinski definition) is 2. The van der Waals surface area contributed by atoms with Gasteiger partial charge in [0.15, 0.2) is 11.5 Å². The maximum Gasteiger partial charge on any atom is 0.261 e. The molecular weight excluding hydrogens is 416 g/mol. The van der Waals surface area contributed by atoms with Crippen LogP contribution < -0.4 is 24.7 Å². The summed E-state index contributed by atoms with van der Waals surface area (Å²) in [5.41, 5.74) is 8.27. The average molecular weight is 441 g/mol. The van der Waals surface area contributed by atoms with Gasteiger partial charge in [0.05, 0.1) is 26.2 Å². The molecule has 0 fully saturated rings. The molecule has 3 aromatic rings. The van der Waals surface area contributed by atoms with Gasteiger partial charge in [0.1, 0.15) is 0 Å². The lowest BCUT2D eigenvalue weighted by atomic mass is 10.1. The number of rotatable bonds is 8. The third-order valence-corrected chi connectivity index (χ3v) is 5.87. The molecule has 31 heavy (non-hydrogen) atoms. The first kappa shape index (κ1) is 22.0. The van der Waals surface area contributed by atoms with Gasteiger partial charge in [0, 0.05) is 11.4 Å².